The van der Waals surface area contributed by atoms with Crippen molar-refractivity contribution in [3.05, 3.63) is 63.6 Å². The zero-order valence-corrected chi connectivity index (χ0v) is 15.1. The van der Waals surface area contributed by atoms with Crippen molar-refractivity contribution in [2.24, 2.45) is 5.84 Å². The van der Waals surface area contributed by atoms with E-state index in [1.807, 2.05) is 42.7 Å². The van der Waals surface area contributed by atoms with Crippen molar-refractivity contribution in [2.75, 3.05) is 7.11 Å². The molecule has 2 rings (SSSR count). The fourth-order valence-corrected chi connectivity index (χ4v) is 2.69. The molecule has 1 amide bonds. The van der Waals surface area contributed by atoms with Gasteiger partial charge in [-0.3, -0.25) is 10.2 Å². The van der Waals surface area contributed by atoms with Crippen LogP contribution in [0.3, 0.4) is 0 Å². The van der Waals surface area contributed by atoms with Gasteiger partial charge in [-0.05, 0) is 57.8 Å². The van der Waals surface area contributed by atoms with Gasteiger partial charge >= 0.3 is 0 Å². The average Bonchev–Trinajstić information content (AvgIpc) is 2.59. The standard InChI is InChI=1S/C18H19BrN2O3/c1-12-5-3-4-6-14(12)11-24-18-15(19)9-13(10-16(18)23-2)7-8-17(22)21-20/h3-10H,11,20H2,1-2H3,(H,21,22)/b8-7+. The summed E-state index contributed by atoms with van der Waals surface area (Å²) in [6, 6.07) is 11.7. The number of aryl methyl sites for hydroxylation is 1. The smallest absolute Gasteiger partial charge is 0.257 e. The molecule has 0 heterocycles. The average molecular weight is 391 g/mol. The molecule has 0 unspecified atom stereocenters. The Kier molecular flexibility index (Phi) is 6.40. The van der Waals surface area contributed by atoms with Gasteiger partial charge in [0, 0.05) is 6.08 Å². The van der Waals surface area contributed by atoms with Crippen LogP contribution in [-0.2, 0) is 11.4 Å². The first kappa shape index (κ1) is 18.0. The van der Waals surface area contributed by atoms with Gasteiger partial charge in [0.15, 0.2) is 11.5 Å². The molecule has 3 N–H and O–H groups in total. The number of carbonyl (C=O) groups is 1. The minimum Gasteiger partial charge on any atom is -0.493 e. The Bertz CT molecular complexity index is 760. The second-order valence-electron chi connectivity index (χ2n) is 5.09. The Labute approximate surface area is 149 Å². The Morgan fingerprint density at radius 2 is 2.08 bits per heavy atom. The number of hydrazine groups is 1. The van der Waals surface area contributed by atoms with Crippen molar-refractivity contribution in [1.82, 2.24) is 5.43 Å². The van der Waals surface area contributed by atoms with Gasteiger partial charge in [-0.15, -0.1) is 0 Å². The van der Waals surface area contributed by atoms with E-state index >= 15 is 0 Å². The van der Waals surface area contributed by atoms with Crippen LogP contribution in [0.4, 0.5) is 0 Å². The van der Waals surface area contributed by atoms with Gasteiger partial charge in [0.1, 0.15) is 6.61 Å². The van der Waals surface area contributed by atoms with Crippen LogP contribution in [-0.4, -0.2) is 13.0 Å². The first-order valence-corrected chi connectivity index (χ1v) is 8.08. The minimum atomic E-state index is -0.384. The Balaban J connectivity index is 2.22. The number of methoxy groups -OCH3 is 1. The third-order valence-electron chi connectivity index (χ3n) is 3.45. The molecule has 6 heteroatoms. The number of benzene rings is 2. The van der Waals surface area contributed by atoms with Gasteiger partial charge in [0.25, 0.3) is 5.91 Å². The zero-order valence-electron chi connectivity index (χ0n) is 13.5. The van der Waals surface area contributed by atoms with Gasteiger partial charge in [-0.1, -0.05) is 24.3 Å². The summed E-state index contributed by atoms with van der Waals surface area (Å²) in [5, 5.41) is 0. The van der Waals surface area contributed by atoms with Crippen LogP contribution in [0.15, 0.2) is 46.9 Å². The van der Waals surface area contributed by atoms with E-state index in [0.717, 1.165) is 15.6 Å². The molecule has 5 nitrogen and oxygen atoms in total. The molecule has 0 fully saturated rings. The van der Waals surface area contributed by atoms with E-state index in [-0.39, 0.29) is 5.91 Å². The second kappa shape index (κ2) is 8.52. The number of ether oxygens (including phenoxy) is 2. The first-order valence-electron chi connectivity index (χ1n) is 7.28. The number of nitrogens with one attached hydrogen (secondary N) is 1. The van der Waals surface area contributed by atoms with Crippen molar-refractivity contribution < 1.29 is 14.3 Å². The van der Waals surface area contributed by atoms with Crippen LogP contribution < -0.4 is 20.7 Å². The minimum absolute atomic E-state index is 0.384. The number of hydrogen-bond donors (Lipinski definition) is 2. The van der Waals surface area contributed by atoms with E-state index in [1.165, 1.54) is 11.6 Å². The molecule has 0 aliphatic carbocycles. The number of hydrogen-bond acceptors (Lipinski definition) is 4. The molecule has 2 aromatic rings. The van der Waals surface area contributed by atoms with Crippen molar-refractivity contribution in [3.8, 4) is 11.5 Å². The number of carbonyl (C=O) groups excluding carboxylic acids is 1. The topological polar surface area (TPSA) is 73.6 Å². The summed E-state index contributed by atoms with van der Waals surface area (Å²) in [5.74, 6) is 5.85. The Morgan fingerprint density at radius 1 is 1.33 bits per heavy atom. The molecule has 0 aliphatic heterocycles. The predicted molar refractivity (Wildman–Crippen MR) is 97.6 cm³/mol. The van der Waals surface area contributed by atoms with Gasteiger partial charge in [0.05, 0.1) is 11.6 Å². The lowest BCUT2D eigenvalue weighted by Gasteiger charge is -2.14. The predicted octanol–water partition coefficient (Wildman–Crippen LogP) is 3.35. The van der Waals surface area contributed by atoms with Crippen molar-refractivity contribution in [3.63, 3.8) is 0 Å². The van der Waals surface area contributed by atoms with Gasteiger partial charge < -0.3 is 9.47 Å². The number of halogens is 1. The SMILES string of the molecule is COc1cc(/C=C/C(=O)NN)cc(Br)c1OCc1ccccc1C. The van der Waals surface area contributed by atoms with Crippen LogP contribution in [0.5, 0.6) is 11.5 Å². The molecule has 2 aromatic carbocycles. The third kappa shape index (κ3) is 4.59. The Morgan fingerprint density at radius 3 is 2.75 bits per heavy atom. The maximum atomic E-state index is 11.2. The summed E-state index contributed by atoms with van der Waals surface area (Å²) >= 11 is 3.49. The molecule has 0 saturated carbocycles. The highest BCUT2D eigenvalue weighted by Crippen LogP contribution is 2.37. The molecule has 24 heavy (non-hydrogen) atoms. The number of amides is 1. The number of rotatable bonds is 6. The lowest BCUT2D eigenvalue weighted by atomic mass is 10.1. The molecule has 0 spiro atoms. The van der Waals surface area contributed by atoms with E-state index in [0.29, 0.717) is 18.1 Å². The molecule has 0 radical (unpaired) electrons. The summed E-state index contributed by atoms with van der Waals surface area (Å²) in [4.78, 5) is 11.2. The number of nitrogens with two attached hydrogens (primary N) is 1. The van der Waals surface area contributed by atoms with E-state index in [9.17, 15) is 4.79 Å². The van der Waals surface area contributed by atoms with Crippen molar-refractivity contribution in [1.29, 1.82) is 0 Å². The molecule has 0 bridgehead atoms. The molecule has 126 valence electrons. The maximum Gasteiger partial charge on any atom is 0.257 e. The highest BCUT2D eigenvalue weighted by Gasteiger charge is 2.12. The highest BCUT2D eigenvalue weighted by molar-refractivity contribution is 9.10. The molecule has 0 atom stereocenters. The first-order chi connectivity index (χ1) is 11.5. The van der Waals surface area contributed by atoms with Gasteiger partial charge in [-0.25, -0.2) is 5.84 Å². The van der Waals surface area contributed by atoms with Crippen LogP contribution in [0.2, 0.25) is 0 Å². The lowest BCUT2D eigenvalue weighted by Crippen LogP contribution is -2.27. The summed E-state index contributed by atoms with van der Waals surface area (Å²) < 4.78 is 12.1. The van der Waals surface area contributed by atoms with Crippen molar-refractivity contribution in [2.45, 2.75) is 13.5 Å². The quantitative estimate of drug-likeness (QED) is 0.343. The van der Waals surface area contributed by atoms with E-state index in [4.69, 9.17) is 15.3 Å². The summed E-state index contributed by atoms with van der Waals surface area (Å²) in [6.45, 7) is 2.48. The van der Waals surface area contributed by atoms with Crippen LogP contribution in [0, 0.1) is 6.92 Å². The van der Waals surface area contributed by atoms with Gasteiger partial charge in [-0.2, -0.15) is 0 Å². The summed E-state index contributed by atoms with van der Waals surface area (Å²) in [6.07, 6.45) is 2.98. The zero-order chi connectivity index (χ0) is 17.5. The molecule has 0 aliphatic rings. The second-order valence-corrected chi connectivity index (χ2v) is 5.95. The van der Waals surface area contributed by atoms with Crippen LogP contribution >= 0.6 is 15.9 Å². The third-order valence-corrected chi connectivity index (χ3v) is 4.04. The van der Waals surface area contributed by atoms with E-state index < -0.39 is 0 Å². The van der Waals surface area contributed by atoms with Crippen LogP contribution in [0.25, 0.3) is 6.08 Å². The lowest BCUT2D eigenvalue weighted by molar-refractivity contribution is -0.116. The van der Waals surface area contributed by atoms with E-state index in [1.54, 1.807) is 19.3 Å². The summed E-state index contributed by atoms with van der Waals surface area (Å²) in [7, 11) is 1.57. The summed E-state index contributed by atoms with van der Waals surface area (Å²) in [5.41, 5.74) is 5.10. The molecular formula is C18H19BrN2O3. The monoisotopic (exact) mass is 390 g/mol. The largest absolute Gasteiger partial charge is 0.493 e. The Hall–Kier alpha value is -2.31. The molecule has 0 saturated heterocycles. The normalized spacial score (nSPS) is 10.7. The fraction of sp³-hybridized carbons (Fsp3) is 0.167. The van der Waals surface area contributed by atoms with Crippen LogP contribution in [0.1, 0.15) is 16.7 Å². The fourth-order valence-electron chi connectivity index (χ4n) is 2.12. The molecular weight excluding hydrogens is 372 g/mol. The highest BCUT2D eigenvalue weighted by atomic mass is 79.9. The van der Waals surface area contributed by atoms with E-state index in [2.05, 4.69) is 15.9 Å². The van der Waals surface area contributed by atoms with Gasteiger partial charge in [0.2, 0.25) is 0 Å². The molecule has 0 aromatic heterocycles. The van der Waals surface area contributed by atoms with Crippen molar-refractivity contribution >= 4 is 27.9 Å². The maximum absolute atomic E-state index is 11.2.